The van der Waals surface area contributed by atoms with Crippen molar-refractivity contribution in [2.24, 2.45) is 0 Å². The molecule has 1 aromatic heterocycles. The summed E-state index contributed by atoms with van der Waals surface area (Å²) in [6.45, 7) is 2.20. The molecular formula is C24H21N3O. The number of hydrogen-bond acceptors (Lipinski definition) is 2. The molecule has 4 aromatic rings. The Balaban J connectivity index is 1.63. The molecule has 0 saturated heterocycles. The van der Waals surface area contributed by atoms with E-state index in [0.29, 0.717) is 0 Å². The lowest BCUT2D eigenvalue weighted by molar-refractivity contribution is -0.116. The van der Waals surface area contributed by atoms with Crippen molar-refractivity contribution < 1.29 is 4.79 Å². The van der Waals surface area contributed by atoms with Crippen LogP contribution in [0.2, 0.25) is 0 Å². The van der Waals surface area contributed by atoms with Gasteiger partial charge in [0.15, 0.2) is 0 Å². The molecule has 0 fully saturated rings. The summed E-state index contributed by atoms with van der Waals surface area (Å²) in [4.78, 5) is 17.4. The number of aromatic nitrogens is 2. The predicted molar refractivity (Wildman–Crippen MR) is 115 cm³/mol. The van der Waals surface area contributed by atoms with Crippen molar-refractivity contribution in [2.45, 2.75) is 13.5 Å². The average Bonchev–Trinajstić information content (AvgIpc) is 3.05. The second-order valence-electron chi connectivity index (χ2n) is 6.71. The van der Waals surface area contributed by atoms with Gasteiger partial charge >= 0.3 is 0 Å². The number of hydrogen-bond donors (Lipinski definition) is 1. The van der Waals surface area contributed by atoms with Gasteiger partial charge in [-0.25, -0.2) is 4.98 Å². The van der Waals surface area contributed by atoms with Gasteiger partial charge in [0.2, 0.25) is 5.91 Å². The molecule has 0 aliphatic rings. The Kier molecular flexibility index (Phi) is 5.02. The number of aryl methyl sites for hydroxylation is 1. The molecule has 4 heteroatoms. The number of amides is 1. The Labute approximate surface area is 164 Å². The number of nitrogens with zero attached hydrogens (tertiary/aromatic N) is 2. The van der Waals surface area contributed by atoms with E-state index in [4.69, 9.17) is 4.98 Å². The molecule has 4 rings (SSSR count). The van der Waals surface area contributed by atoms with Gasteiger partial charge in [-0.3, -0.25) is 4.79 Å². The maximum Gasteiger partial charge on any atom is 0.244 e. The Bertz CT molecular complexity index is 1140. The Morgan fingerprint density at radius 3 is 2.57 bits per heavy atom. The maximum atomic E-state index is 12.7. The van der Waals surface area contributed by atoms with E-state index < -0.39 is 0 Å². The van der Waals surface area contributed by atoms with Gasteiger partial charge in [-0.2, -0.15) is 0 Å². The van der Waals surface area contributed by atoms with Crippen LogP contribution in [0.1, 0.15) is 17.0 Å². The largest absolute Gasteiger partial charge is 0.325 e. The number of rotatable bonds is 5. The van der Waals surface area contributed by atoms with E-state index in [-0.39, 0.29) is 12.5 Å². The highest BCUT2D eigenvalue weighted by Crippen LogP contribution is 2.19. The summed E-state index contributed by atoms with van der Waals surface area (Å²) >= 11 is 0. The summed E-state index contributed by atoms with van der Waals surface area (Å²) in [6.07, 6.45) is 3.96. The van der Waals surface area contributed by atoms with Crippen LogP contribution in [0.4, 0.5) is 5.69 Å². The monoisotopic (exact) mass is 367 g/mol. The Hall–Kier alpha value is -3.66. The van der Waals surface area contributed by atoms with Crippen LogP contribution in [-0.2, 0) is 11.3 Å². The van der Waals surface area contributed by atoms with Gasteiger partial charge in [-0.15, -0.1) is 0 Å². The Morgan fingerprint density at radius 1 is 0.964 bits per heavy atom. The first-order valence-corrected chi connectivity index (χ1v) is 9.24. The zero-order valence-electron chi connectivity index (χ0n) is 15.7. The molecule has 4 nitrogen and oxygen atoms in total. The van der Waals surface area contributed by atoms with Crippen molar-refractivity contribution in [3.05, 3.63) is 95.8 Å². The fraction of sp³-hybridized carbons (Fsp3) is 0.0833. The van der Waals surface area contributed by atoms with Crippen molar-refractivity contribution in [3.63, 3.8) is 0 Å². The molecule has 0 spiro atoms. The molecule has 0 aliphatic heterocycles. The molecule has 0 unspecified atom stereocenters. The molecule has 28 heavy (non-hydrogen) atoms. The first-order chi connectivity index (χ1) is 13.7. The number of para-hydroxylation sites is 2. The zero-order valence-corrected chi connectivity index (χ0v) is 15.7. The van der Waals surface area contributed by atoms with Crippen LogP contribution in [0.25, 0.3) is 23.2 Å². The lowest BCUT2D eigenvalue weighted by Crippen LogP contribution is -2.19. The number of nitrogens with one attached hydrogen (secondary N) is 1. The minimum Gasteiger partial charge on any atom is -0.325 e. The minimum absolute atomic E-state index is 0.0804. The second kappa shape index (κ2) is 7.92. The summed E-state index contributed by atoms with van der Waals surface area (Å²) in [5, 5.41) is 2.98. The first kappa shape index (κ1) is 17.7. The molecule has 0 saturated carbocycles. The normalized spacial score (nSPS) is 11.2. The van der Waals surface area contributed by atoms with E-state index in [2.05, 4.69) is 5.32 Å². The summed E-state index contributed by atoms with van der Waals surface area (Å²) in [5.41, 5.74) is 4.81. The molecule has 0 radical (unpaired) electrons. The number of carbonyl (C=O) groups is 1. The standard InChI is InChI=1S/C24H21N3O/c1-18-8-7-11-20(16-18)25-24(28)17-27-22-13-6-5-12-21(22)26-23(27)15-14-19-9-3-2-4-10-19/h2-16H,17H2,1H3,(H,25,28). The van der Waals surface area contributed by atoms with E-state index in [0.717, 1.165) is 33.7 Å². The van der Waals surface area contributed by atoms with Crippen molar-refractivity contribution >= 4 is 34.8 Å². The van der Waals surface area contributed by atoms with Gasteiger partial charge < -0.3 is 9.88 Å². The maximum absolute atomic E-state index is 12.7. The summed E-state index contributed by atoms with van der Waals surface area (Å²) in [6, 6.07) is 25.7. The highest BCUT2D eigenvalue weighted by molar-refractivity contribution is 5.92. The third-order valence-electron chi connectivity index (χ3n) is 4.51. The first-order valence-electron chi connectivity index (χ1n) is 9.24. The third kappa shape index (κ3) is 4.01. The summed E-state index contributed by atoms with van der Waals surface area (Å²) in [5.74, 6) is 0.674. The molecule has 3 aromatic carbocycles. The highest BCUT2D eigenvalue weighted by atomic mass is 16.1. The molecule has 1 N–H and O–H groups in total. The topological polar surface area (TPSA) is 46.9 Å². The lowest BCUT2D eigenvalue weighted by Gasteiger charge is -2.09. The van der Waals surface area contributed by atoms with E-state index in [9.17, 15) is 4.79 Å². The smallest absolute Gasteiger partial charge is 0.244 e. The van der Waals surface area contributed by atoms with Crippen molar-refractivity contribution in [3.8, 4) is 0 Å². The van der Waals surface area contributed by atoms with Gasteiger partial charge in [0.05, 0.1) is 11.0 Å². The van der Waals surface area contributed by atoms with E-state index >= 15 is 0 Å². The van der Waals surface area contributed by atoms with Crippen molar-refractivity contribution in [1.82, 2.24) is 9.55 Å². The molecule has 1 amide bonds. The molecule has 0 atom stereocenters. The second-order valence-corrected chi connectivity index (χ2v) is 6.71. The molecule has 138 valence electrons. The number of imidazole rings is 1. The predicted octanol–water partition coefficient (Wildman–Crippen LogP) is 5.15. The third-order valence-corrected chi connectivity index (χ3v) is 4.51. The van der Waals surface area contributed by atoms with Crippen LogP contribution in [0.5, 0.6) is 0 Å². The molecule has 0 aliphatic carbocycles. The molecule has 0 bridgehead atoms. The van der Waals surface area contributed by atoms with Gasteiger partial charge in [0.25, 0.3) is 0 Å². The number of benzene rings is 3. The van der Waals surface area contributed by atoms with E-state index in [1.165, 1.54) is 0 Å². The van der Waals surface area contributed by atoms with Crippen molar-refractivity contribution in [2.75, 3.05) is 5.32 Å². The highest BCUT2D eigenvalue weighted by Gasteiger charge is 2.12. The summed E-state index contributed by atoms with van der Waals surface area (Å²) < 4.78 is 1.94. The average molecular weight is 367 g/mol. The van der Waals surface area contributed by atoms with E-state index in [1.807, 2.05) is 103 Å². The number of carbonyl (C=O) groups excluding carboxylic acids is 1. The van der Waals surface area contributed by atoms with Gasteiger partial charge in [0.1, 0.15) is 12.4 Å². The minimum atomic E-state index is -0.0804. The van der Waals surface area contributed by atoms with Crippen LogP contribution < -0.4 is 5.32 Å². The van der Waals surface area contributed by atoms with Crippen LogP contribution >= 0.6 is 0 Å². The zero-order chi connectivity index (χ0) is 19.3. The molecular weight excluding hydrogens is 346 g/mol. The van der Waals surface area contributed by atoms with Gasteiger partial charge in [0, 0.05) is 5.69 Å². The van der Waals surface area contributed by atoms with Crippen LogP contribution in [0.15, 0.2) is 78.9 Å². The van der Waals surface area contributed by atoms with Crippen LogP contribution in [0.3, 0.4) is 0 Å². The Morgan fingerprint density at radius 2 is 1.75 bits per heavy atom. The SMILES string of the molecule is Cc1cccc(NC(=O)Cn2c(C=Cc3ccccc3)nc3ccccc32)c1. The van der Waals surface area contributed by atoms with Crippen LogP contribution in [-0.4, -0.2) is 15.5 Å². The molecule has 1 heterocycles. The van der Waals surface area contributed by atoms with Gasteiger partial charge in [-0.05, 0) is 48.4 Å². The quantitative estimate of drug-likeness (QED) is 0.530. The van der Waals surface area contributed by atoms with Gasteiger partial charge in [-0.1, -0.05) is 60.7 Å². The fourth-order valence-corrected chi connectivity index (χ4v) is 3.19. The fourth-order valence-electron chi connectivity index (χ4n) is 3.19. The lowest BCUT2D eigenvalue weighted by atomic mass is 10.2. The summed E-state index contributed by atoms with van der Waals surface area (Å²) in [7, 11) is 0. The number of fused-ring (bicyclic) bond motifs is 1. The number of anilines is 1. The van der Waals surface area contributed by atoms with Crippen LogP contribution in [0, 0.1) is 6.92 Å². The van der Waals surface area contributed by atoms with Crippen molar-refractivity contribution in [1.29, 1.82) is 0 Å². The van der Waals surface area contributed by atoms with E-state index in [1.54, 1.807) is 0 Å².